The van der Waals surface area contributed by atoms with Gasteiger partial charge in [0.1, 0.15) is 11.5 Å². The zero-order valence-corrected chi connectivity index (χ0v) is 15.5. The van der Waals surface area contributed by atoms with Crippen LogP contribution in [0.25, 0.3) is 0 Å². The number of nitrogens with one attached hydrogen (secondary N) is 1. The predicted octanol–water partition coefficient (Wildman–Crippen LogP) is 4.09. The predicted molar refractivity (Wildman–Crippen MR) is 102 cm³/mol. The van der Waals surface area contributed by atoms with E-state index in [0.29, 0.717) is 15.8 Å². The molecule has 0 atom stereocenters. The Balaban J connectivity index is 1.67. The number of nitro benzene ring substituents is 1. The second-order valence-corrected chi connectivity index (χ2v) is 6.34. The molecule has 9 nitrogen and oxygen atoms in total. The Bertz CT molecular complexity index is 1050. The van der Waals surface area contributed by atoms with Crippen molar-refractivity contribution in [3.05, 3.63) is 74.5 Å². The summed E-state index contributed by atoms with van der Waals surface area (Å²) in [6.45, 7) is -0.0172. The number of phenolic OH excluding ortho intramolecular Hbond substituents is 1. The van der Waals surface area contributed by atoms with Gasteiger partial charge in [0.15, 0.2) is 12.4 Å². The number of phenols is 1. The van der Waals surface area contributed by atoms with E-state index < -0.39 is 10.8 Å². The van der Waals surface area contributed by atoms with Crippen LogP contribution in [-0.2, 0) is 6.73 Å². The van der Waals surface area contributed by atoms with Gasteiger partial charge in [-0.1, -0.05) is 23.2 Å². The molecule has 0 saturated carbocycles. The summed E-state index contributed by atoms with van der Waals surface area (Å²) in [5.74, 6) is -0.563. The highest BCUT2D eigenvalue weighted by Gasteiger charge is 2.15. The molecular formula is C17H12Cl2N4O5. The summed E-state index contributed by atoms with van der Waals surface area (Å²) in [5.41, 5.74) is -0.346. The number of nitro groups is 1. The minimum Gasteiger partial charge on any atom is -0.506 e. The maximum Gasteiger partial charge on any atom is 0.276 e. The largest absolute Gasteiger partial charge is 0.506 e. The van der Waals surface area contributed by atoms with Crippen LogP contribution in [0.15, 0.2) is 48.7 Å². The Morgan fingerprint density at radius 2 is 2.04 bits per heavy atom. The molecule has 0 unspecified atom stereocenters. The van der Waals surface area contributed by atoms with Crippen molar-refractivity contribution in [2.45, 2.75) is 6.73 Å². The zero-order valence-electron chi connectivity index (χ0n) is 14.0. The van der Waals surface area contributed by atoms with Crippen molar-refractivity contribution in [1.29, 1.82) is 0 Å². The molecule has 1 aromatic heterocycles. The Morgan fingerprint density at radius 3 is 2.75 bits per heavy atom. The molecule has 0 saturated heterocycles. The van der Waals surface area contributed by atoms with Gasteiger partial charge in [0, 0.05) is 23.4 Å². The van der Waals surface area contributed by atoms with Gasteiger partial charge in [-0.2, -0.15) is 5.10 Å². The molecule has 0 fully saturated rings. The van der Waals surface area contributed by atoms with Crippen molar-refractivity contribution in [2.24, 2.45) is 0 Å². The minimum atomic E-state index is -0.654. The second-order valence-electron chi connectivity index (χ2n) is 5.50. The van der Waals surface area contributed by atoms with Gasteiger partial charge in [-0.15, -0.1) is 0 Å². The van der Waals surface area contributed by atoms with Gasteiger partial charge in [0.05, 0.1) is 15.6 Å². The lowest BCUT2D eigenvalue weighted by atomic mass is 10.2. The normalized spacial score (nSPS) is 10.5. The maximum atomic E-state index is 12.3. The summed E-state index contributed by atoms with van der Waals surface area (Å²) in [6.07, 6.45) is 1.51. The van der Waals surface area contributed by atoms with Gasteiger partial charge in [0.25, 0.3) is 11.6 Å². The van der Waals surface area contributed by atoms with Crippen molar-refractivity contribution in [3.63, 3.8) is 0 Å². The van der Waals surface area contributed by atoms with Crippen LogP contribution in [0.5, 0.6) is 11.5 Å². The van der Waals surface area contributed by atoms with Crippen LogP contribution < -0.4 is 10.1 Å². The summed E-state index contributed by atoms with van der Waals surface area (Å²) in [4.78, 5) is 22.5. The zero-order chi connectivity index (χ0) is 20.3. The van der Waals surface area contributed by atoms with Gasteiger partial charge >= 0.3 is 0 Å². The minimum absolute atomic E-state index is 0.0172. The van der Waals surface area contributed by atoms with Crippen molar-refractivity contribution < 1.29 is 19.6 Å². The van der Waals surface area contributed by atoms with Gasteiger partial charge in [-0.25, -0.2) is 4.68 Å². The number of carbonyl (C=O) groups excluding carboxylic acids is 1. The number of aromatic hydroxyl groups is 1. The Morgan fingerprint density at radius 1 is 1.25 bits per heavy atom. The summed E-state index contributed by atoms with van der Waals surface area (Å²) in [7, 11) is 0. The standard InChI is InChI=1S/C17H12Cl2N4O5/c18-10-1-4-16(12(19)7-10)28-9-22-6-5-13(21-22)17(25)20-14-8-11(23(26)27)2-3-15(14)24/h1-8,24H,9H2,(H,20,25). The third kappa shape index (κ3) is 4.51. The fraction of sp³-hybridized carbons (Fsp3) is 0.0588. The average molecular weight is 423 g/mol. The van der Waals surface area contributed by atoms with E-state index in [-0.39, 0.29) is 29.5 Å². The van der Waals surface area contributed by atoms with E-state index in [1.54, 1.807) is 12.1 Å². The molecule has 0 radical (unpaired) electrons. The average Bonchev–Trinajstić information content (AvgIpc) is 3.12. The first-order valence-electron chi connectivity index (χ1n) is 7.73. The summed E-state index contributed by atoms with van der Waals surface area (Å²) >= 11 is 11.8. The van der Waals surface area contributed by atoms with Crippen LogP contribution in [-0.4, -0.2) is 25.7 Å². The SMILES string of the molecule is O=C(Nc1cc([N+](=O)[O-])ccc1O)c1ccn(COc2ccc(Cl)cc2Cl)n1. The molecular weight excluding hydrogens is 411 g/mol. The number of non-ortho nitro benzene ring substituents is 1. The number of hydrogen-bond donors (Lipinski definition) is 2. The first-order valence-corrected chi connectivity index (χ1v) is 8.49. The molecule has 1 amide bonds. The fourth-order valence-electron chi connectivity index (χ4n) is 2.21. The van der Waals surface area contributed by atoms with Gasteiger partial charge in [-0.3, -0.25) is 14.9 Å². The van der Waals surface area contributed by atoms with Crippen LogP contribution >= 0.6 is 23.2 Å². The third-order valence-electron chi connectivity index (χ3n) is 3.56. The Hall–Kier alpha value is -3.30. The Kier molecular flexibility index (Phi) is 5.67. The highest BCUT2D eigenvalue weighted by molar-refractivity contribution is 6.35. The van der Waals surface area contributed by atoms with E-state index in [4.69, 9.17) is 27.9 Å². The quantitative estimate of drug-likeness (QED) is 0.350. The summed E-state index contributed by atoms with van der Waals surface area (Å²) in [6, 6.07) is 9.48. The Labute approximate surface area is 168 Å². The van der Waals surface area contributed by atoms with E-state index in [0.717, 1.165) is 18.2 Å². The number of carbonyl (C=O) groups is 1. The van der Waals surface area contributed by atoms with Crippen LogP contribution in [0, 0.1) is 10.1 Å². The van der Waals surface area contributed by atoms with E-state index in [1.807, 2.05) is 0 Å². The number of hydrogen-bond acceptors (Lipinski definition) is 6. The molecule has 0 bridgehead atoms. The van der Waals surface area contributed by atoms with E-state index in [9.17, 15) is 20.0 Å². The summed E-state index contributed by atoms with van der Waals surface area (Å²) in [5, 5.41) is 27.8. The molecule has 3 aromatic rings. The number of anilines is 1. The monoisotopic (exact) mass is 422 g/mol. The van der Waals surface area contributed by atoms with Crippen LogP contribution in [0.3, 0.4) is 0 Å². The molecule has 0 aliphatic heterocycles. The number of amides is 1. The van der Waals surface area contributed by atoms with Gasteiger partial charge in [0.2, 0.25) is 0 Å². The van der Waals surface area contributed by atoms with Crippen molar-refractivity contribution >= 4 is 40.5 Å². The van der Waals surface area contributed by atoms with E-state index in [2.05, 4.69) is 10.4 Å². The molecule has 1 heterocycles. The first kappa shape index (κ1) is 19.5. The second kappa shape index (κ2) is 8.15. The van der Waals surface area contributed by atoms with Crippen LogP contribution in [0.2, 0.25) is 10.0 Å². The number of benzene rings is 2. The smallest absolute Gasteiger partial charge is 0.276 e. The number of halogens is 2. The van der Waals surface area contributed by atoms with Gasteiger partial charge < -0.3 is 15.2 Å². The number of aromatic nitrogens is 2. The molecule has 0 aliphatic carbocycles. The molecule has 0 aliphatic rings. The van der Waals surface area contributed by atoms with Crippen molar-refractivity contribution in [2.75, 3.05) is 5.32 Å². The lowest BCUT2D eigenvalue weighted by molar-refractivity contribution is -0.384. The molecule has 3 rings (SSSR count). The number of ether oxygens (including phenoxy) is 1. The first-order chi connectivity index (χ1) is 13.3. The van der Waals surface area contributed by atoms with Crippen LogP contribution in [0.4, 0.5) is 11.4 Å². The van der Waals surface area contributed by atoms with Crippen molar-refractivity contribution in [3.8, 4) is 11.5 Å². The van der Waals surface area contributed by atoms with E-state index >= 15 is 0 Å². The van der Waals surface area contributed by atoms with Crippen LogP contribution in [0.1, 0.15) is 10.5 Å². The van der Waals surface area contributed by atoms with E-state index in [1.165, 1.54) is 23.0 Å². The van der Waals surface area contributed by atoms with Crippen molar-refractivity contribution in [1.82, 2.24) is 9.78 Å². The van der Waals surface area contributed by atoms with Gasteiger partial charge in [-0.05, 0) is 30.3 Å². The highest BCUT2D eigenvalue weighted by Crippen LogP contribution is 2.29. The summed E-state index contributed by atoms with van der Waals surface area (Å²) < 4.78 is 6.87. The molecule has 11 heteroatoms. The highest BCUT2D eigenvalue weighted by atomic mass is 35.5. The molecule has 144 valence electrons. The molecule has 2 N–H and O–H groups in total. The lowest BCUT2D eigenvalue weighted by Crippen LogP contribution is -2.14. The molecule has 28 heavy (non-hydrogen) atoms. The molecule has 2 aromatic carbocycles. The fourth-order valence-corrected chi connectivity index (χ4v) is 2.67. The third-order valence-corrected chi connectivity index (χ3v) is 4.09. The topological polar surface area (TPSA) is 120 Å². The number of rotatable bonds is 6. The molecule has 0 spiro atoms. The maximum absolute atomic E-state index is 12.3. The number of nitrogens with zero attached hydrogens (tertiary/aromatic N) is 3. The lowest BCUT2D eigenvalue weighted by Gasteiger charge is -2.08.